The van der Waals surface area contributed by atoms with Crippen LogP contribution in [-0.4, -0.2) is 21.5 Å². The van der Waals surface area contributed by atoms with Crippen LogP contribution in [0.1, 0.15) is 31.2 Å². The molecule has 0 aromatic carbocycles. The van der Waals surface area contributed by atoms with E-state index < -0.39 is 0 Å². The highest BCUT2D eigenvalue weighted by Gasteiger charge is 2.53. The summed E-state index contributed by atoms with van der Waals surface area (Å²) in [5.74, 6) is 0.274. The normalized spacial score (nSPS) is 32.5. The summed E-state index contributed by atoms with van der Waals surface area (Å²) in [5, 5.41) is 12.6. The fraction of sp³-hybridized carbons (Fsp3) is 0.700. The third-order valence-corrected chi connectivity index (χ3v) is 4.98. The van der Waals surface area contributed by atoms with Gasteiger partial charge in [0.05, 0.1) is 0 Å². The number of carbonyl (C=O) groups excluding carboxylic acids is 1. The minimum atomic E-state index is -0.0260. The van der Waals surface area contributed by atoms with Gasteiger partial charge in [0.2, 0.25) is 11.0 Å². The van der Waals surface area contributed by atoms with Crippen LogP contribution in [0.3, 0.4) is 0 Å². The molecule has 2 unspecified atom stereocenters. The Morgan fingerprint density at radius 3 is 2.81 bits per heavy atom. The van der Waals surface area contributed by atoms with Crippen molar-refractivity contribution in [1.82, 2.24) is 10.2 Å². The highest BCUT2D eigenvalue weighted by atomic mass is 35.5. The molecule has 2 saturated carbocycles. The zero-order valence-electron chi connectivity index (χ0n) is 8.86. The van der Waals surface area contributed by atoms with E-state index in [0.717, 1.165) is 24.3 Å². The van der Waals surface area contributed by atoms with Gasteiger partial charge in [-0.25, -0.2) is 0 Å². The molecule has 86 valence electrons. The van der Waals surface area contributed by atoms with Crippen LogP contribution in [0.2, 0.25) is 0 Å². The first-order chi connectivity index (χ1) is 7.59. The molecule has 2 aliphatic rings. The van der Waals surface area contributed by atoms with E-state index in [1.807, 2.05) is 0 Å². The summed E-state index contributed by atoms with van der Waals surface area (Å²) >= 11 is 7.50. The monoisotopic (exact) mass is 257 g/mol. The van der Waals surface area contributed by atoms with E-state index in [1.54, 1.807) is 0 Å². The van der Waals surface area contributed by atoms with Crippen molar-refractivity contribution in [3.05, 3.63) is 5.01 Å². The summed E-state index contributed by atoms with van der Waals surface area (Å²) < 4.78 is 0. The lowest BCUT2D eigenvalue weighted by molar-refractivity contribution is -0.117. The van der Waals surface area contributed by atoms with Crippen LogP contribution in [0, 0.1) is 5.92 Å². The summed E-state index contributed by atoms with van der Waals surface area (Å²) in [4.78, 5) is 11.5. The second kappa shape index (κ2) is 3.40. The minimum absolute atomic E-state index is 0.0260. The average Bonchev–Trinajstić information content (AvgIpc) is 3.12. The molecule has 1 N–H and O–H groups in total. The molecule has 1 amide bonds. The van der Waals surface area contributed by atoms with Gasteiger partial charge >= 0.3 is 0 Å². The largest absolute Gasteiger partial charge is 0.300 e. The molecule has 2 atom stereocenters. The van der Waals surface area contributed by atoms with Crippen molar-refractivity contribution >= 4 is 34.0 Å². The van der Waals surface area contributed by atoms with E-state index in [2.05, 4.69) is 22.4 Å². The minimum Gasteiger partial charge on any atom is -0.300 e. The highest BCUT2D eigenvalue weighted by Crippen LogP contribution is 2.52. The maximum atomic E-state index is 11.5. The lowest BCUT2D eigenvalue weighted by atomic mass is 10.2. The van der Waals surface area contributed by atoms with Gasteiger partial charge in [-0.3, -0.25) is 4.79 Å². The Bertz CT molecular complexity index is 445. The molecule has 1 heterocycles. The molecule has 3 rings (SSSR count). The highest BCUT2D eigenvalue weighted by molar-refractivity contribution is 7.15. The fourth-order valence-corrected chi connectivity index (χ4v) is 3.04. The maximum Gasteiger partial charge on any atom is 0.229 e. The molecule has 0 saturated heterocycles. The van der Waals surface area contributed by atoms with E-state index in [-0.39, 0.29) is 22.6 Å². The summed E-state index contributed by atoms with van der Waals surface area (Å²) in [5.41, 5.74) is -0.0260. The lowest BCUT2D eigenvalue weighted by Gasteiger charge is -2.01. The molecule has 2 aliphatic carbocycles. The van der Waals surface area contributed by atoms with Crippen molar-refractivity contribution in [2.24, 2.45) is 5.92 Å². The van der Waals surface area contributed by atoms with Crippen molar-refractivity contribution < 1.29 is 4.79 Å². The second-order valence-corrected chi connectivity index (χ2v) is 6.27. The van der Waals surface area contributed by atoms with Gasteiger partial charge < -0.3 is 5.32 Å². The number of amides is 1. The van der Waals surface area contributed by atoms with E-state index >= 15 is 0 Å². The summed E-state index contributed by atoms with van der Waals surface area (Å²) in [6.07, 6.45) is 2.94. The van der Waals surface area contributed by atoms with Crippen LogP contribution in [0.4, 0.5) is 5.13 Å². The molecular weight excluding hydrogens is 246 g/mol. The first kappa shape index (κ1) is 10.5. The number of hydrogen-bond donors (Lipinski definition) is 1. The van der Waals surface area contributed by atoms with Crippen molar-refractivity contribution in [1.29, 1.82) is 0 Å². The molecule has 0 aliphatic heterocycles. The third-order valence-electron chi connectivity index (χ3n) is 3.23. The number of halogens is 1. The summed E-state index contributed by atoms with van der Waals surface area (Å²) in [6.45, 7) is 2.08. The molecule has 4 nitrogen and oxygen atoms in total. The van der Waals surface area contributed by atoms with Gasteiger partial charge in [0, 0.05) is 16.7 Å². The molecule has 0 spiro atoms. The van der Waals surface area contributed by atoms with E-state index in [1.165, 1.54) is 11.3 Å². The molecular formula is C10H12ClN3OS. The topological polar surface area (TPSA) is 54.9 Å². The standard InChI is InChI=1S/C10H12ClN3OS/c1-10(4-6(10)11)8-13-14-9(16-8)12-7(15)5-2-3-5/h5-6H,2-4H2,1H3,(H,12,14,15). The van der Waals surface area contributed by atoms with Crippen molar-refractivity contribution in [3.8, 4) is 0 Å². The number of nitrogens with zero attached hydrogens (tertiary/aromatic N) is 2. The van der Waals surface area contributed by atoms with Crippen LogP contribution < -0.4 is 5.32 Å². The van der Waals surface area contributed by atoms with Gasteiger partial charge in [0.1, 0.15) is 5.01 Å². The average molecular weight is 258 g/mol. The van der Waals surface area contributed by atoms with Crippen LogP contribution in [0.15, 0.2) is 0 Å². The van der Waals surface area contributed by atoms with Crippen molar-refractivity contribution in [3.63, 3.8) is 0 Å². The number of alkyl halides is 1. The SMILES string of the molecule is CC1(c2nnc(NC(=O)C3CC3)s2)CC1Cl. The van der Waals surface area contributed by atoms with Gasteiger partial charge in [0.25, 0.3) is 0 Å². The zero-order chi connectivity index (χ0) is 11.3. The van der Waals surface area contributed by atoms with Crippen LogP contribution in [0.25, 0.3) is 0 Å². The van der Waals surface area contributed by atoms with Crippen molar-refractivity contribution in [2.45, 2.75) is 37.0 Å². The molecule has 0 bridgehead atoms. The van der Waals surface area contributed by atoms with Gasteiger partial charge in [0.15, 0.2) is 0 Å². The Hall–Kier alpha value is -0.680. The van der Waals surface area contributed by atoms with Gasteiger partial charge in [-0.1, -0.05) is 18.3 Å². The molecule has 0 radical (unpaired) electrons. The smallest absolute Gasteiger partial charge is 0.229 e. The molecule has 1 aromatic rings. The van der Waals surface area contributed by atoms with E-state index in [0.29, 0.717) is 5.13 Å². The van der Waals surface area contributed by atoms with Crippen LogP contribution in [-0.2, 0) is 10.2 Å². The number of hydrogen-bond acceptors (Lipinski definition) is 4. The number of carbonyl (C=O) groups is 1. The molecule has 6 heteroatoms. The second-order valence-electron chi connectivity index (χ2n) is 4.77. The van der Waals surface area contributed by atoms with Gasteiger partial charge in [-0.2, -0.15) is 0 Å². The van der Waals surface area contributed by atoms with E-state index in [9.17, 15) is 4.79 Å². The Morgan fingerprint density at radius 1 is 1.56 bits per heavy atom. The Morgan fingerprint density at radius 2 is 2.25 bits per heavy atom. The van der Waals surface area contributed by atoms with Crippen LogP contribution >= 0.6 is 22.9 Å². The fourth-order valence-electron chi connectivity index (χ4n) is 1.59. The number of nitrogens with one attached hydrogen (secondary N) is 1. The van der Waals surface area contributed by atoms with E-state index in [4.69, 9.17) is 11.6 Å². The third kappa shape index (κ3) is 1.72. The first-order valence-electron chi connectivity index (χ1n) is 5.38. The Kier molecular flexibility index (Phi) is 2.23. The summed E-state index contributed by atoms with van der Waals surface area (Å²) in [7, 11) is 0. The number of rotatable bonds is 3. The van der Waals surface area contributed by atoms with Crippen LogP contribution in [0.5, 0.6) is 0 Å². The molecule has 16 heavy (non-hydrogen) atoms. The van der Waals surface area contributed by atoms with Gasteiger partial charge in [-0.05, 0) is 19.3 Å². The number of anilines is 1. The lowest BCUT2D eigenvalue weighted by Crippen LogP contribution is -2.12. The zero-order valence-corrected chi connectivity index (χ0v) is 10.4. The Labute approximate surface area is 102 Å². The van der Waals surface area contributed by atoms with Crippen molar-refractivity contribution in [2.75, 3.05) is 5.32 Å². The first-order valence-corrected chi connectivity index (χ1v) is 6.64. The van der Waals surface area contributed by atoms with Gasteiger partial charge in [-0.15, -0.1) is 21.8 Å². The molecule has 1 aromatic heterocycles. The number of aromatic nitrogens is 2. The maximum absolute atomic E-state index is 11.5. The summed E-state index contributed by atoms with van der Waals surface area (Å²) in [6, 6.07) is 0. The predicted molar refractivity (Wildman–Crippen MR) is 62.9 cm³/mol. The predicted octanol–water partition coefficient (Wildman–Crippen LogP) is 2.16. The molecule has 2 fully saturated rings. The quantitative estimate of drug-likeness (QED) is 0.845. The Balaban J connectivity index is 1.70.